The first-order valence-electron chi connectivity index (χ1n) is 10.5. The molecular weight excluding hydrogens is 298 g/mol. The predicted octanol–water partition coefficient (Wildman–Crippen LogP) is 2.83. The lowest BCUT2D eigenvalue weighted by molar-refractivity contribution is -0.897. The van der Waals surface area contributed by atoms with Gasteiger partial charge in [-0.15, -0.1) is 0 Å². The largest absolute Gasteiger partial charge is 0.329 e. The molecule has 3 rings (SSSR count). The van der Waals surface area contributed by atoms with Crippen LogP contribution in [0.5, 0.6) is 0 Å². The number of hydrogen-bond acceptors (Lipinski definition) is 2. The Kier molecular flexibility index (Phi) is 6.49. The van der Waals surface area contributed by atoms with Crippen LogP contribution in [0, 0.1) is 23.7 Å². The Morgan fingerprint density at radius 3 is 1.96 bits per heavy atom. The SMILES string of the molecule is CC1CCC(C(=O)C[NH+]2CCC(C(=O)C3CCCCC3)CC2)CC1. The second-order valence-corrected chi connectivity index (χ2v) is 8.86. The van der Waals surface area contributed by atoms with Crippen molar-refractivity contribution in [3.05, 3.63) is 0 Å². The topological polar surface area (TPSA) is 38.6 Å². The average Bonchev–Trinajstić information content (AvgIpc) is 2.63. The van der Waals surface area contributed by atoms with Gasteiger partial charge in [-0.25, -0.2) is 0 Å². The standard InChI is InChI=1S/C21H35NO2/c1-16-7-9-17(10-8-16)20(23)15-22-13-11-19(12-14-22)21(24)18-5-3-2-4-6-18/h16-19H,2-15H2,1H3/p+1. The van der Waals surface area contributed by atoms with E-state index in [1.807, 2.05) is 0 Å². The van der Waals surface area contributed by atoms with E-state index in [0.717, 1.165) is 57.5 Å². The zero-order chi connectivity index (χ0) is 16.9. The highest BCUT2D eigenvalue weighted by Crippen LogP contribution is 2.30. The summed E-state index contributed by atoms with van der Waals surface area (Å²) in [6.45, 7) is 5.07. The normalized spacial score (nSPS) is 35.5. The summed E-state index contributed by atoms with van der Waals surface area (Å²) in [5.41, 5.74) is 0. The molecule has 3 heteroatoms. The number of hydrogen-bond donors (Lipinski definition) is 1. The lowest BCUT2D eigenvalue weighted by Crippen LogP contribution is -3.14. The minimum atomic E-state index is 0.294. The monoisotopic (exact) mass is 334 g/mol. The fourth-order valence-corrected chi connectivity index (χ4v) is 5.18. The molecule has 0 radical (unpaired) electrons. The predicted molar refractivity (Wildman–Crippen MR) is 96.0 cm³/mol. The van der Waals surface area contributed by atoms with Gasteiger partial charge in [0.05, 0.1) is 13.1 Å². The van der Waals surface area contributed by atoms with E-state index in [0.29, 0.717) is 35.9 Å². The second-order valence-electron chi connectivity index (χ2n) is 8.86. The van der Waals surface area contributed by atoms with Gasteiger partial charge in [-0.05, 0) is 31.6 Å². The fraction of sp³-hybridized carbons (Fsp3) is 0.905. The van der Waals surface area contributed by atoms with E-state index in [4.69, 9.17) is 0 Å². The molecule has 0 aromatic rings. The smallest absolute Gasteiger partial charge is 0.189 e. The molecule has 0 amide bonds. The Morgan fingerprint density at radius 2 is 1.33 bits per heavy atom. The van der Waals surface area contributed by atoms with Gasteiger partial charge in [0.15, 0.2) is 5.78 Å². The van der Waals surface area contributed by atoms with Crippen LogP contribution in [0.15, 0.2) is 0 Å². The number of likely N-dealkylation sites (tertiary alicyclic amines) is 1. The lowest BCUT2D eigenvalue weighted by atomic mass is 9.78. The van der Waals surface area contributed by atoms with Crippen LogP contribution in [0.1, 0.15) is 77.6 Å². The van der Waals surface area contributed by atoms with Crippen molar-refractivity contribution in [2.24, 2.45) is 23.7 Å². The maximum absolute atomic E-state index is 12.7. The molecule has 3 fully saturated rings. The molecule has 2 aliphatic carbocycles. The molecule has 136 valence electrons. The Balaban J connectivity index is 1.40. The van der Waals surface area contributed by atoms with Gasteiger partial charge in [-0.3, -0.25) is 9.59 Å². The molecule has 0 aromatic heterocycles. The molecule has 1 heterocycles. The Labute approximate surface area is 147 Å². The van der Waals surface area contributed by atoms with Crippen LogP contribution in [-0.4, -0.2) is 31.2 Å². The molecule has 1 aliphatic heterocycles. The lowest BCUT2D eigenvalue weighted by Gasteiger charge is -2.32. The van der Waals surface area contributed by atoms with E-state index in [1.165, 1.54) is 37.0 Å². The molecule has 1 N–H and O–H groups in total. The van der Waals surface area contributed by atoms with Crippen molar-refractivity contribution in [1.82, 2.24) is 0 Å². The first-order valence-corrected chi connectivity index (χ1v) is 10.5. The molecule has 0 bridgehead atoms. The fourth-order valence-electron chi connectivity index (χ4n) is 5.18. The Hall–Kier alpha value is -0.700. The maximum Gasteiger partial charge on any atom is 0.189 e. The van der Waals surface area contributed by atoms with E-state index in [2.05, 4.69) is 6.92 Å². The van der Waals surface area contributed by atoms with Gasteiger partial charge in [-0.1, -0.05) is 39.0 Å². The van der Waals surface area contributed by atoms with Gasteiger partial charge >= 0.3 is 0 Å². The number of quaternary nitrogens is 1. The second kappa shape index (κ2) is 8.60. The molecule has 0 unspecified atom stereocenters. The summed E-state index contributed by atoms with van der Waals surface area (Å²) in [5.74, 6) is 2.84. The molecule has 3 aliphatic rings. The van der Waals surface area contributed by atoms with Crippen LogP contribution in [0.25, 0.3) is 0 Å². The molecule has 0 spiro atoms. The molecule has 2 saturated carbocycles. The molecule has 24 heavy (non-hydrogen) atoms. The van der Waals surface area contributed by atoms with Gasteiger partial charge in [0.25, 0.3) is 0 Å². The van der Waals surface area contributed by atoms with Crippen molar-refractivity contribution >= 4 is 11.6 Å². The van der Waals surface area contributed by atoms with Crippen molar-refractivity contribution < 1.29 is 14.5 Å². The first kappa shape index (κ1) is 18.1. The van der Waals surface area contributed by atoms with Gasteiger partial charge in [0.1, 0.15) is 12.3 Å². The van der Waals surface area contributed by atoms with E-state index in [9.17, 15) is 9.59 Å². The van der Waals surface area contributed by atoms with Crippen LogP contribution >= 0.6 is 0 Å². The van der Waals surface area contributed by atoms with E-state index >= 15 is 0 Å². The van der Waals surface area contributed by atoms with Gasteiger partial charge in [0.2, 0.25) is 0 Å². The van der Waals surface area contributed by atoms with Crippen LogP contribution in [-0.2, 0) is 9.59 Å². The van der Waals surface area contributed by atoms with Crippen molar-refractivity contribution in [3.8, 4) is 0 Å². The van der Waals surface area contributed by atoms with Gasteiger partial charge in [-0.2, -0.15) is 0 Å². The third-order valence-electron chi connectivity index (χ3n) is 7.00. The molecular formula is C21H36NO2+. The highest BCUT2D eigenvalue weighted by molar-refractivity contribution is 5.83. The summed E-state index contributed by atoms with van der Waals surface area (Å²) in [4.78, 5) is 26.7. The van der Waals surface area contributed by atoms with Crippen LogP contribution in [0.4, 0.5) is 0 Å². The van der Waals surface area contributed by atoms with Gasteiger partial charge < -0.3 is 4.90 Å². The third-order valence-corrected chi connectivity index (χ3v) is 7.00. The summed E-state index contributed by atoms with van der Waals surface area (Å²) in [5, 5.41) is 0. The zero-order valence-corrected chi connectivity index (χ0v) is 15.5. The molecule has 3 nitrogen and oxygen atoms in total. The highest BCUT2D eigenvalue weighted by atomic mass is 16.1. The summed E-state index contributed by atoms with van der Waals surface area (Å²) in [6.07, 6.45) is 12.8. The first-order chi connectivity index (χ1) is 11.6. The number of carbonyl (C=O) groups is 2. The summed E-state index contributed by atoms with van der Waals surface area (Å²) in [7, 11) is 0. The Bertz CT molecular complexity index is 425. The van der Waals surface area contributed by atoms with Crippen LogP contribution in [0.2, 0.25) is 0 Å². The van der Waals surface area contributed by atoms with E-state index in [1.54, 1.807) is 0 Å². The number of ketones is 2. The number of piperidine rings is 1. The highest BCUT2D eigenvalue weighted by Gasteiger charge is 2.34. The van der Waals surface area contributed by atoms with E-state index < -0.39 is 0 Å². The van der Waals surface area contributed by atoms with Crippen LogP contribution in [0.3, 0.4) is 0 Å². The molecule has 1 saturated heterocycles. The number of nitrogens with one attached hydrogen (secondary N) is 1. The van der Waals surface area contributed by atoms with Gasteiger partial charge in [0, 0.05) is 30.6 Å². The number of rotatable bonds is 5. The summed E-state index contributed by atoms with van der Waals surface area (Å²) < 4.78 is 0. The quantitative estimate of drug-likeness (QED) is 0.840. The minimum Gasteiger partial charge on any atom is -0.329 e. The average molecular weight is 335 g/mol. The summed E-state index contributed by atoms with van der Waals surface area (Å²) in [6, 6.07) is 0. The van der Waals surface area contributed by atoms with Crippen molar-refractivity contribution in [3.63, 3.8) is 0 Å². The van der Waals surface area contributed by atoms with Crippen molar-refractivity contribution in [2.45, 2.75) is 77.6 Å². The summed E-state index contributed by atoms with van der Waals surface area (Å²) >= 11 is 0. The number of Topliss-reactive ketones (excluding diaryl/α,β-unsaturated/α-hetero) is 2. The van der Waals surface area contributed by atoms with Crippen molar-refractivity contribution in [1.29, 1.82) is 0 Å². The maximum atomic E-state index is 12.7. The third kappa shape index (κ3) is 4.68. The van der Waals surface area contributed by atoms with E-state index in [-0.39, 0.29) is 0 Å². The molecule has 0 aromatic carbocycles. The zero-order valence-electron chi connectivity index (χ0n) is 15.5. The number of carbonyl (C=O) groups excluding carboxylic acids is 2. The Morgan fingerprint density at radius 1 is 0.750 bits per heavy atom. The molecule has 0 atom stereocenters. The van der Waals surface area contributed by atoms with Crippen molar-refractivity contribution in [2.75, 3.05) is 19.6 Å². The van der Waals surface area contributed by atoms with Crippen LogP contribution < -0.4 is 4.90 Å². The minimum absolute atomic E-state index is 0.294.